The molecule has 2 N–H and O–H groups in total. The van der Waals surface area contributed by atoms with Crippen molar-refractivity contribution in [1.29, 1.82) is 0 Å². The molecule has 3 aromatic carbocycles. The van der Waals surface area contributed by atoms with Gasteiger partial charge in [-0.25, -0.2) is 4.79 Å². The number of ether oxygens (including phenoxy) is 1. The largest absolute Gasteiger partial charge is 0.488 e. The van der Waals surface area contributed by atoms with Crippen molar-refractivity contribution in [2.24, 2.45) is 0 Å². The van der Waals surface area contributed by atoms with Crippen LogP contribution >= 0.6 is 0 Å². The minimum absolute atomic E-state index is 0.000502. The monoisotopic (exact) mass is 456 g/mol. The van der Waals surface area contributed by atoms with Crippen molar-refractivity contribution in [2.45, 2.75) is 51.9 Å². The Morgan fingerprint density at radius 2 is 1.71 bits per heavy atom. The van der Waals surface area contributed by atoms with E-state index in [1.54, 1.807) is 6.08 Å². The van der Waals surface area contributed by atoms with Gasteiger partial charge in [0, 0.05) is 22.8 Å². The number of hydrogen-bond donors (Lipinski definition) is 2. The molecule has 1 atom stereocenters. The molecule has 0 aromatic heterocycles. The Morgan fingerprint density at radius 1 is 0.971 bits per heavy atom. The number of aliphatic carboxylic acids is 2. The van der Waals surface area contributed by atoms with Gasteiger partial charge in [-0.2, -0.15) is 0 Å². The van der Waals surface area contributed by atoms with Crippen molar-refractivity contribution in [1.82, 2.24) is 0 Å². The second kappa shape index (κ2) is 8.01. The Hall–Kier alpha value is -3.60. The van der Waals surface area contributed by atoms with Crippen LogP contribution in [0.3, 0.4) is 0 Å². The number of carboxylic acid groups (broad SMARTS) is 2. The van der Waals surface area contributed by atoms with Crippen LogP contribution in [0.1, 0.15) is 60.4 Å². The molecular weight excluding hydrogens is 428 g/mol. The van der Waals surface area contributed by atoms with Gasteiger partial charge in [0.2, 0.25) is 0 Å². The zero-order valence-electron chi connectivity index (χ0n) is 19.7. The molecule has 0 spiro atoms. The van der Waals surface area contributed by atoms with Gasteiger partial charge in [0.15, 0.2) is 0 Å². The van der Waals surface area contributed by atoms with Crippen LogP contribution in [-0.4, -0.2) is 28.8 Å². The van der Waals surface area contributed by atoms with Gasteiger partial charge in [-0.15, -0.1) is 0 Å². The summed E-state index contributed by atoms with van der Waals surface area (Å²) in [6.07, 6.45) is 3.59. The number of aryl methyl sites for hydroxylation is 2. The van der Waals surface area contributed by atoms with E-state index in [1.807, 2.05) is 13.8 Å². The third-order valence-electron chi connectivity index (χ3n) is 7.31. The van der Waals surface area contributed by atoms with E-state index in [4.69, 9.17) is 4.74 Å². The minimum Gasteiger partial charge on any atom is -0.488 e. The molecule has 0 saturated carbocycles. The van der Waals surface area contributed by atoms with Crippen LogP contribution in [-0.2, 0) is 15.0 Å². The molecule has 5 nitrogen and oxygen atoms in total. The van der Waals surface area contributed by atoms with Crippen LogP contribution in [0.5, 0.6) is 5.75 Å². The Balaban J connectivity index is 2.00. The van der Waals surface area contributed by atoms with Crippen molar-refractivity contribution in [3.63, 3.8) is 0 Å². The lowest BCUT2D eigenvalue weighted by atomic mass is 9.68. The predicted octanol–water partition coefficient (Wildman–Crippen LogP) is 6.25. The fourth-order valence-electron chi connectivity index (χ4n) is 6.04. The van der Waals surface area contributed by atoms with Crippen molar-refractivity contribution in [3.05, 3.63) is 70.3 Å². The zero-order valence-corrected chi connectivity index (χ0v) is 19.7. The van der Waals surface area contributed by atoms with Crippen molar-refractivity contribution >= 4 is 28.3 Å². The highest BCUT2D eigenvalue weighted by Gasteiger charge is 2.47. The number of carboxylic acids is 2. The van der Waals surface area contributed by atoms with Gasteiger partial charge in [0.1, 0.15) is 12.4 Å². The highest BCUT2D eigenvalue weighted by molar-refractivity contribution is 6.21. The van der Waals surface area contributed by atoms with Crippen LogP contribution in [0.4, 0.5) is 0 Å². The first-order chi connectivity index (χ1) is 16.3. The molecule has 1 aliphatic carbocycles. The average Bonchev–Trinajstić information content (AvgIpc) is 3.07. The van der Waals surface area contributed by atoms with E-state index in [0.717, 1.165) is 57.0 Å². The van der Waals surface area contributed by atoms with Crippen LogP contribution < -0.4 is 4.74 Å². The van der Waals surface area contributed by atoms with Crippen LogP contribution in [0.15, 0.2) is 42.5 Å². The molecule has 0 radical (unpaired) electrons. The van der Waals surface area contributed by atoms with E-state index < -0.39 is 17.4 Å². The highest BCUT2D eigenvalue weighted by Crippen LogP contribution is 2.60. The van der Waals surface area contributed by atoms with Gasteiger partial charge in [-0.3, -0.25) is 4.79 Å². The average molecular weight is 457 g/mol. The summed E-state index contributed by atoms with van der Waals surface area (Å²) in [5.74, 6) is -1.25. The van der Waals surface area contributed by atoms with Crippen molar-refractivity contribution < 1.29 is 24.5 Å². The van der Waals surface area contributed by atoms with Crippen LogP contribution in [0, 0.1) is 13.8 Å². The molecule has 1 heterocycles. The van der Waals surface area contributed by atoms with Crippen LogP contribution in [0.2, 0.25) is 0 Å². The lowest BCUT2D eigenvalue weighted by molar-refractivity contribution is -0.137. The molecule has 1 unspecified atom stereocenters. The molecule has 34 heavy (non-hydrogen) atoms. The maximum Gasteiger partial charge on any atom is 0.336 e. The number of carbonyl (C=O) groups is 2. The van der Waals surface area contributed by atoms with E-state index in [2.05, 4.69) is 43.3 Å². The quantitative estimate of drug-likeness (QED) is 0.458. The van der Waals surface area contributed by atoms with E-state index in [-0.39, 0.29) is 18.6 Å². The number of hydrogen-bond acceptors (Lipinski definition) is 3. The summed E-state index contributed by atoms with van der Waals surface area (Å²) in [5.41, 5.74) is 6.49. The molecule has 0 fully saturated rings. The highest BCUT2D eigenvalue weighted by atomic mass is 16.5. The van der Waals surface area contributed by atoms with Crippen molar-refractivity contribution in [3.8, 4) is 16.9 Å². The van der Waals surface area contributed by atoms with Gasteiger partial charge in [-0.1, -0.05) is 54.8 Å². The molecule has 0 bridgehead atoms. The van der Waals surface area contributed by atoms with Gasteiger partial charge >= 0.3 is 11.9 Å². The van der Waals surface area contributed by atoms with E-state index in [1.165, 1.54) is 0 Å². The summed E-state index contributed by atoms with van der Waals surface area (Å²) < 4.78 is 6.16. The minimum atomic E-state index is -0.991. The summed E-state index contributed by atoms with van der Waals surface area (Å²) in [6, 6.07) is 12.6. The topological polar surface area (TPSA) is 83.8 Å². The Morgan fingerprint density at radius 3 is 2.41 bits per heavy atom. The molecule has 2 aliphatic rings. The Kier molecular flexibility index (Phi) is 5.23. The number of rotatable bonds is 6. The number of fused-ring (bicyclic) bond motifs is 8. The third kappa shape index (κ3) is 3.14. The SMILES string of the molecule is CCCC1(CCC(=O)O)c2cc(C)ccc2-c2c1c1c(c3cc(C)ccc23)OCC=C1C(=O)O. The molecule has 5 heteroatoms. The summed E-state index contributed by atoms with van der Waals surface area (Å²) >= 11 is 0. The second-order valence-corrected chi connectivity index (χ2v) is 9.51. The van der Waals surface area contributed by atoms with Gasteiger partial charge < -0.3 is 14.9 Å². The zero-order chi connectivity index (χ0) is 24.2. The first kappa shape index (κ1) is 22.2. The molecule has 1 aliphatic heterocycles. The Bertz CT molecular complexity index is 1400. The van der Waals surface area contributed by atoms with Gasteiger partial charge in [-0.05, 0) is 66.5 Å². The molecule has 5 rings (SSSR count). The molecule has 0 amide bonds. The smallest absolute Gasteiger partial charge is 0.336 e. The summed E-state index contributed by atoms with van der Waals surface area (Å²) in [4.78, 5) is 24.2. The normalized spacial score (nSPS) is 18.0. The van der Waals surface area contributed by atoms with E-state index >= 15 is 0 Å². The van der Waals surface area contributed by atoms with E-state index in [0.29, 0.717) is 17.7 Å². The molecular formula is C29H28O5. The van der Waals surface area contributed by atoms with Gasteiger partial charge in [0.25, 0.3) is 0 Å². The fraction of sp³-hybridized carbons (Fsp3) is 0.310. The lowest BCUT2D eigenvalue weighted by Crippen LogP contribution is -2.29. The summed E-state index contributed by atoms with van der Waals surface area (Å²) in [5, 5.41) is 21.8. The first-order valence-electron chi connectivity index (χ1n) is 11.8. The molecule has 3 aromatic rings. The maximum atomic E-state index is 12.5. The first-order valence-corrected chi connectivity index (χ1v) is 11.8. The van der Waals surface area contributed by atoms with Crippen molar-refractivity contribution in [2.75, 3.05) is 6.61 Å². The van der Waals surface area contributed by atoms with Gasteiger partial charge in [0.05, 0.1) is 5.57 Å². The predicted molar refractivity (Wildman–Crippen MR) is 133 cm³/mol. The van der Waals surface area contributed by atoms with Crippen LogP contribution in [0.25, 0.3) is 27.5 Å². The Labute approximate surface area is 198 Å². The fourth-order valence-corrected chi connectivity index (χ4v) is 6.04. The number of benzene rings is 3. The summed E-state index contributed by atoms with van der Waals surface area (Å²) in [7, 11) is 0. The second-order valence-electron chi connectivity index (χ2n) is 9.51. The molecule has 174 valence electrons. The summed E-state index contributed by atoms with van der Waals surface area (Å²) in [6.45, 7) is 6.34. The lowest BCUT2D eigenvalue weighted by Gasteiger charge is -2.35. The van der Waals surface area contributed by atoms with E-state index in [9.17, 15) is 19.8 Å². The molecule has 0 saturated heterocycles. The maximum absolute atomic E-state index is 12.5. The third-order valence-corrected chi connectivity index (χ3v) is 7.31. The standard InChI is InChI=1S/C29H28O5/c1-4-11-29(12-9-23(30)31)22-15-17(3)6-8-19(22)24-18-7-5-16(2)14-21(18)27-25(26(24)29)20(28(32)33)10-13-34-27/h5-8,10,14-15H,4,9,11-13H2,1-3H3,(H,30,31)(H,32,33).